The molecule has 6 nitrogen and oxygen atoms in total. The highest BCUT2D eigenvalue weighted by molar-refractivity contribution is 5.93. The van der Waals surface area contributed by atoms with E-state index in [-0.39, 0.29) is 11.9 Å². The average Bonchev–Trinajstić information content (AvgIpc) is 2.40. The Morgan fingerprint density at radius 1 is 1.67 bits per heavy atom. The van der Waals surface area contributed by atoms with Crippen LogP contribution in [0.5, 0.6) is 0 Å². The molecule has 0 radical (unpaired) electrons. The van der Waals surface area contributed by atoms with Gasteiger partial charge in [-0.2, -0.15) is 0 Å². The summed E-state index contributed by atoms with van der Waals surface area (Å²) in [4.78, 5) is 18.1. The predicted octanol–water partition coefficient (Wildman–Crippen LogP) is 0.864. The van der Waals surface area contributed by atoms with Crippen molar-refractivity contribution >= 4 is 11.6 Å². The van der Waals surface area contributed by atoms with Gasteiger partial charge in [0.1, 0.15) is 5.69 Å². The Bertz CT molecular complexity index is 397. The van der Waals surface area contributed by atoms with Crippen LogP contribution in [0.3, 0.4) is 0 Å². The lowest BCUT2D eigenvalue weighted by Gasteiger charge is -2.27. The molecule has 0 bridgehead atoms. The van der Waals surface area contributed by atoms with E-state index in [1.807, 2.05) is 13.8 Å². The number of hydrogen-bond acceptors (Lipinski definition) is 5. The quantitative estimate of drug-likeness (QED) is 0.580. The lowest BCUT2D eigenvalue weighted by Crippen LogP contribution is -2.41. The van der Waals surface area contributed by atoms with Crippen LogP contribution in [-0.2, 0) is 4.74 Å². The minimum atomic E-state index is -0.126. The highest BCUT2D eigenvalue weighted by Crippen LogP contribution is 2.11. The van der Waals surface area contributed by atoms with Crippen LogP contribution in [0.4, 0.5) is 5.69 Å². The molecule has 0 aliphatic heterocycles. The number of carbonyl (C=O) groups excluding carboxylic acids is 1. The van der Waals surface area contributed by atoms with Crippen molar-refractivity contribution in [3.63, 3.8) is 0 Å². The van der Waals surface area contributed by atoms with E-state index in [4.69, 9.17) is 10.6 Å². The summed E-state index contributed by atoms with van der Waals surface area (Å²) < 4.78 is 5.07. The minimum Gasteiger partial charge on any atom is -0.383 e. The van der Waals surface area contributed by atoms with E-state index in [9.17, 15) is 4.79 Å². The van der Waals surface area contributed by atoms with Crippen molar-refractivity contribution in [3.05, 3.63) is 24.0 Å². The fourth-order valence-corrected chi connectivity index (χ4v) is 1.77. The molecular weight excluding hydrogens is 232 g/mol. The summed E-state index contributed by atoms with van der Waals surface area (Å²) in [5, 5.41) is 0. The number of amides is 1. The lowest BCUT2D eigenvalue weighted by atomic mass is 10.2. The summed E-state index contributed by atoms with van der Waals surface area (Å²) in [6, 6.07) is 3.33. The van der Waals surface area contributed by atoms with Crippen molar-refractivity contribution in [2.45, 2.75) is 19.9 Å². The fourth-order valence-electron chi connectivity index (χ4n) is 1.77. The molecule has 1 amide bonds. The summed E-state index contributed by atoms with van der Waals surface area (Å²) >= 11 is 0. The standard InChI is InChI=1S/C12H20N4O2/c1-4-16(9(2)8-18-3)12(17)11-7-10(15-13)5-6-14-11/h5-7,9H,4,8,13H2,1-3H3,(H,14,15). The number of nitrogens with zero attached hydrogens (tertiary/aromatic N) is 2. The van der Waals surface area contributed by atoms with Gasteiger partial charge in [-0.3, -0.25) is 15.6 Å². The van der Waals surface area contributed by atoms with Gasteiger partial charge in [-0.15, -0.1) is 0 Å². The number of carbonyl (C=O) groups is 1. The van der Waals surface area contributed by atoms with Crippen LogP contribution in [0, 0.1) is 0 Å². The third-order valence-electron chi connectivity index (χ3n) is 2.69. The molecule has 0 fully saturated rings. The van der Waals surface area contributed by atoms with Crippen molar-refractivity contribution < 1.29 is 9.53 Å². The highest BCUT2D eigenvalue weighted by Gasteiger charge is 2.21. The number of nitrogens with two attached hydrogens (primary N) is 1. The first-order chi connectivity index (χ1) is 8.63. The number of rotatable bonds is 6. The van der Waals surface area contributed by atoms with Gasteiger partial charge in [-0.05, 0) is 26.0 Å². The number of pyridine rings is 1. The van der Waals surface area contributed by atoms with Crippen LogP contribution in [-0.4, -0.2) is 42.1 Å². The summed E-state index contributed by atoms with van der Waals surface area (Å²) in [6.07, 6.45) is 1.55. The first-order valence-corrected chi connectivity index (χ1v) is 5.86. The maximum absolute atomic E-state index is 12.3. The predicted molar refractivity (Wildman–Crippen MR) is 70.1 cm³/mol. The fraction of sp³-hybridized carbons (Fsp3) is 0.500. The first kappa shape index (κ1) is 14.4. The number of nitrogen functional groups attached to an aromatic ring is 1. The minimum absolute atomic E-state index is 0.00351. The molecule has 0 aliphatic carbocycles. The Morgan fingerprint density at radius 2 is 2.39 bits per heavy atom. The molecule has 0 saturated heterocycles. The number of methoxy groups -OCH3 is 1. The van der Waals surface area contributed by atoms with Gasteiger partial charge in [0.15, 0.2) is 0 Å². The molecule has 1 heterocycles. The van der Waals surface area contributed by atoms with Gasteiger partial charge in [-0.1, -0.05) is 0 Å². The maximum atomic E-state index is 12.3. The van der Waals surface area contributed by atoms with E-state index in [1.54, 1.807) is 30.3 Å². The topological polar surface area (TPSA) is 80.5 Å². The van der Waals surface area contributed by atoms with Crippen molar-refractivity contribution in [3.8, 4) is 0 Å². The van der Waals surface area contributed by atoms with Crippen LogP contribution in [0.25, 0.3) is 0 Å². The van der Waals surface area contributed by atoms with Crippen LogP contribution in [0.1, 0.15) is 24.3 Å². The largest absolute Gasteiger partial charge is 0.383 e. The second-order valence-corrected chi connectivity index (χ2v) is 3.97. The molecule has 1 rings (SSSR count). The summed E-state index contributed by atoms with van der Waals surface area (Å²) in [6.45, 7) is 4.96. The van der Waals surface area contributed by atoms with Crippen LogP contribution in [0.2, 0.25) is 0 Å². The van der Waals surface area contributed by atoms with E-state index >= 15 is 0 Å². The molecule has 0 saturated carbocycles. The maximum Gasteiger partial charge on any atom is 0.272 e. The summed E-state index contributed by atoms with van der Waals surface area (Å²) in [7, 11) is 1.62. The van der Waals surface area contributed by atoms with Gasteiger partial charge in [0.2, 0.25) is 0 Å². The molecule has 0 spiro atoms. The SMILES string of the molecule is CCN(C(=O)c1cc(NN)ccn1)C(C)COC. The third kappa shape index (κ3) is 3.41. The Kier molecular flexibility index (Phi) is 5.54. The normalized spacial score (nSPS) is 12.0. The lowest BCUT2D eigenvalue weighted by molar-refractivity contribution is 0.0574. The Balaban J connectivity index is 2.88. The smallest absolute Gasteiger partial charge is 0.272 e. The van der Waals surface area contributed by atoms with Crippen molar-refractivity contribution in [1.82, 2.24) is 9.88 Å². The van der Waals surface area contributed by atoms with E-state index in [0.717, 1.165) is 0 Å². The highest BCUT2D eigenvalue weighted by atomic mass is 16.5. The molecule has 18 heavy (non-hydrogen) atoms. The van der Waals surface area contributed by atoms with Crippen LogP contribution < -0.4 is 11.3 Å². The van der Waals surface area contributed by atoms with E-state index in [2.05, 4.69) is 10.4 Å². The van der Waals surface area contributed by atoms with Crippen LogP contribution >= 0.6 is 0 Å². The Morgan fingerprint density at radius 3 is 2.94 bits per heavy atom. The number of aromatic nitrogens is 1. The van der Waals surface area contributed by atoms with Gasteiger partial charge < -0.3 is 15.1 Å². The zero-order valence-electron chi connectivity index (χ0n) is 11.0. The van der Waals surface area contributed by atoms with Crippen molar-refractivity contribution in [2.24, 2.45) is 5.84 Å². The van der Waals surface area contributed by atoms with Gasteiger partial charge in [0.25, 0.3) is 5.91 Å². The van der Waals surface area contributed by atoms with E-state index in [1.165, 1.54) is 0 Å². The molecule has 100 valence electrons. The molecule has 3 N–H and O–H groups in total. The number of anilines is 1. The molecule has 1 aromatic heterocycles. The number of hydrazine groups is 1. The number of nitrogens with one attached hydrogen (secondary N) is 1. The second-order valence-electron chi connectivity index (χ2n) is 3.97. The van der Waals surface area contributed by atoms with Gasteiger partial charge >= 0.3 is 0 Å². The Hall–Kier alpha value is -1.66. The first-order valence-electron chi connectivity index (χ1n) is 5.86. The Labute approximate surface area is 107 Å². The molecule has 1 unspecified atom stereocenters. The third-order valence-corrected chi connectivity index (χ3v) is 2.69. The molecule has 0 aliphatic rings. The van der Waals surface area contributed by atoms with Gasteiger partial charge in [0, 0.05) is 19.9 Å². The number of ether oxygens (including phenoxy) is 1. The average molecular weight is 252 g/mol. The molecule has 6 heteroatoms. The monoisotopic (exact) mass is 252 g/mol. The van der Waals surface area contributed by atoms with Gasteiger partial charge in [0.05, 0.1) is 18.3 Å². The summed E-state index contributed by atoms with van der Waals surface area (Å²) in [5.74, 6) is 5.19. The molecule has 1 aromatic rings. The summed E-state index contributed by atoms with van der Waals surface area (Å²) in [5.41, 5.74) is 3.53. The van der Waals surface area contributed by atoms with Crippen molar-refractivity contribution in [2.75, 3.05) is 25.7 Å². The zero-order valence-corrected chi connectivity index (χ0v) is 11.0. The van der Waals surface area contributed by atoms with Crippen molar-refractivity contribution in [1.29, 1.82) is 0 Å². The van der Waals surface area contributed by atoms with Gasteiger partial charge in [-0.25, -0.2) is 0 Å². The molecule has 0 aromatic carbocycles. The van der Waals surface area contributed by atoms with E-state index < -0.39 is 0 Å². The van der Waals surface area contributed by atoms with E-state index in [0.29, 0.717) is 24.5 Å². The molecule has 1 atom stereocenters. The number of hydrogen-bond donors (Lipinski definition) is 2. The second kappa shape index (κ2) is 6.93. The van der Waals surface area contributed by atoms with Crippen LogP contribution in [0.15, 0.2) is 18.3 Å². The number of likely N-dealkylation sites (N-methyl/N-ethyl adjacent to an activating group) is 1. The molecular formula is C12H20N4O2. The zero-order chi connectivity index (χ0) is 13.5.